The van der Waals surface area contributed by atoms with Gasteiger partial charge >= 0.3 is 0 Å². The molecule has 5 aliphatic rings. The van der Waals surface area contributed by atoms with Crippen molar-refractivity contribution in [3.8, 4) is 0 Å². The van der Waals surface area contributed by atoms with Gasteiger partial charge in [-0.1, -0.05) is 52.2 Å². The Morgan fingerprint density at radius 3 is 2.58 bits per heavy atom. The SMILES string of the molecule is CC[C@]1(O)CC[C@@]2(C)C(=CC[C@@H]3C2CC[C@@]2(C)C3CC[C@@H]2[C@H](C)C(=O)CCC2CC2)C1. The first kappa shape index (κ1) is 22.2. The van der Waals surface area contributed by atoms with Crippen molar-refractivity contribution in [3.63, 3.8) is 0 Å². The van der Waals surface area contributed by atoms with E-state index in [0.717, 1.165) is 62.2 Å². The fourth-order valence-corrected chi connectivity index (χ4v) is 9.08. The van der Waals surface area contributed by atoms with E-state index in [2.05, 4.69) is 33.8 Å². The van der Waals surface area contributed by atoms with Gasteiger partial charge in [0.15, 0.2) is 0 Å². The summed E-state index contributed by atoms with van der Waals surface area (Å²) in [4.78, 5) is 13.1. The van der Waals surface area contributed by atoms with Crippen LogP contribution >= 0.6 is 0 Å². The van der Waals surface area contributed by atoms with E-state index in [1.807, 2.05) is 0 Å². The first-order valence-corrected chi connectivity index (χ1v) is 13.6. The van der Waals surface area contributed by atoms with Crippen LogP contribution in [0.3, 0.4) is 0 Å². The molecular formula is C29H46O2. The van der Waals surface area contributed by atoms with Gasteiger partial charge in [0.25, 0.3) is 0 Å². The number of Topliss-reactive ketones (excluding diaryl/α,β-unsaturated/α-hetero) is 1. The maximum absolute atomic E-state index is 13.1. The van der Waals surface area contributed by atoms with Crippen molar-refractivity contribution >= 4 is 5.78 Å². The van der Waals surface area contributed by atoms with Crippen LogP contribution in [0.4, 0.5) is 0 Å². The smallest absolute Gasteiger partial charge is 0.136 e. The number of carbonyl (C=O) groups excluding carboxylic acids is 1. The van der Waals surface area contributed by atoms with Gasteiger partial charge in [0.05, 0.1) is 5.60 Å². The minimum absolute atomic E-state index is 0.254. The molecule has 1 N–H and O–H groups in total. The van der Waals surface area contributed by atoms with Gasteiger partial charge in [-0.25, -0.2) is 0 Å². The highest BCUT2D eigenvalue weighted by molar-refractivity contribution is 5.81. The largest absolute Gasteiger partial charge is 0.390 e. The summed E-state index contributed by atoms with van der Waals surface area (Å²) in [5.41, 5.74) is 1.77. The lowest BCUT2D eigenvalue weighted by atomic mass is 9.46. The summed E-state index contributed by atoms with van der Waals surface area (Å²) in [6, 6.07) is 0. The monoisotopic (exact) mass is 426 g/mol. The molecule has 5 aliphatic carbocycles. The number of ketones is 1. The summed E-state index contributed by atoms with van der Waals surface area (Å²) >= 11 is 0. The van der Waals surface area contributed by atoms with Crippen molar-refractivity contribution in [3.05, 3.63) is 11.6 Å². The number of rotatable bonds is 6. The topological polar surface area (TPSA) is 37.3 Å². The van der Waals surface area contributed by atoms with Crippen LogP contribution < -0.4 is 0 Å². The maximum atomic E-state index is 13.1. The van der Waals surface area contributed by atoms with Crippen LogP contribution in [0.2, 0.25) is 0 Å². The highest BCUT2D eigenvalue weighted by Gasteiger charge is 2.60. The van der Waals surface area contributed by atoms with Crippen LogP contribution in [0, 0.1) is 46.3 Å². The fraction of sp³-hybridized carbons (Fsp3) is 0.897. The molecule has 0 heterocycles. The lowest BCUT2D eigenvalue weighted by Gasteiger charge is -2.59. The zero-order valence-corrected chi connectivity index (χ0v) is 20.6. The Hall–Kier alpha value is -0.630. The molecule has 0 aromatic carbocycles. The Morgan fingerprint density at radius 2 is 1.87 bits per heavy atom. The molecule has 0 radical (unpaired) electrons. The molecule has 0 amide bonds. The van der Waals surface area contributed by atoms with Crippen molar-refractivity contribution in [2.75, 3.05) is 0 Å². The summed E-state index contributed by atoms with van der Waals surface area (Å²) in [5.74, 6) is 4.64. The average molecular weight is 427 g/mol. The van der Waals surface area contributed by atoms with Crippen LogP contribution in [0.25, 0.3) is 0 Å². The summed E-state index contributed by atoms with van der Waals surface area (Å²) in [5, 5.41) is 11.0. The molecule has 174 valence electrons. The predicted molar refractivity (Wildman–Crippen MR) is 127 cm³/mol. The molecule has 2 unspecified atom stereocenters. The van der Waals surface area contributed by atoms with Gasteiger partial charge < -0.3 is 5.11 Å². The van der Waals surface area contributed by atoms with Crippen molar-refractivity contribution in [1.82, 2.24) is 0 Å². The second-order valence-electron chi connectivity index (χ2n) is 13.0. The number of aliphatic hydroxyl groups is 1. The third-order valence-electron chi connectivity index (χ3n) is 11.6. The Morgan fingerprint density at radius 1 is 1.10 bits per heavy atom. The molecule has 5 rings (SSSR count). The molecule has 0 aromatic heterocycles. The van der Waals surface area contributed by atoms with E-state index in [1.54, 1.807) is 5.57 Å². The highest BCUT2D eigenvalue weighted by Crippen LogP contribution is 2.67. The van der Waals surface area contributed by atoms with E-state index in [4.69, 9.17) is 0 Å². The first-order valence-electron chi connectivity index (χ1n) is 13.6. The molecule has 2 nitrogen and oxygen atoms in total. The number of hydrogen-bond acceptors (Lipinski definition) is 2. The molecule has 0 aliphatic heterocycles. The van der Waals surface area contributed by atoms with Crippen molar-refractivity contribution in [1.29, 1.82) is 0 Å². The van der Waals surface area contributed by atoms with Crippen LogP contribution in [-0.2, 0) is 4.79 Å². The van der Waals surface area contributed by atoms with Crippen LogP contribution in [-0.4, -0.2) is 16.5 Å². The van der Waals surface area contributed by atoms with E-state index in [1.165, 1.54) is 44.9 Å². The Balaban J connectivity index is 1.33. The van der Waals surface area contributed by atoms with E-state index in [9.17, 15) is 9.90 Å². The normalized spacial score (nSPS) is 47.7. The second kappa shape index (κ2) is 7.71. The highest BCUT2D eigenvalue weighted by atomic mass is 16.3. The predicted octanol–water partition coefficient (Wildman–Crippen LogP) is 7.10. The molecular weight excluding hydrogens is 380 g/mol. The maximum Gasteiger partial charge on any atom is 0.136 e. The van der Waals surface area contributed by atoms with Crippen LogP contribution in [0.15, 0.2) is 11.6 Å². The molecule has 8 atom stereocenters. The van der Waals surface area contributed by atoms with Crippen molar-refractivity contribution in [2.45, 2.75) is 117 Å². The van der Waals surface area contributed by atoms with E-state index in [-0.39, 0.29) is 5.92 Å². The van der Waals surface area contributed by atoms with E-state index in [0.29, 0.717) is 22.5 Å². The summed E-state index contributed by atoms with van der Waals surface area (Å²) in [6.45, 7) is 9.51. The second-order valence-corrected chi connectivity index (χ2v) is 13.0. The van der Waals surface area contributed by atoms with Gasteiger partial charge in [0, 0.05) is 12.3 Å². The standard InChI is InChI=1S/C29H46O2/c1-5-29(31)17-16-27(3)21(18-29)9-10-22-24-12-11-23(28(24,4)15-14-25(22)27)19(2)26(30)13-8-20-6-7-20/h9,19-20,22-25,31H,5-8,10-18H2,1-4H3/t19-,22-,23+,24?,25?,27-,28+,29-/m0/s1. The quantitative estimate of drug-likeness (QED) is 0.460. The van der Waals surface area contributed by atoms with E-state index >= 15 is 0 Å². The Kier molecular flexibility index (Phi) is 5.52. The zero-order chi connectivity index (χ0) is 22.0. The van der Waals surface area contributed by atoms with Crippen molar-refractivity contribution in [2.24, 2.45) is 46.3 Å². The fourth-order valence-electron chi connectivity index (χ4n) is 9.08. The number of carbonyl (C=O) groups is 1. The summed E-state index contributed by atoms with van der Waals surface area (Å²) in [7, 11) is 0. The van der Waals surface area contributed by atoms with Crippen LogP contribution in [0.1, 0.15) is 111 Å². The number of allylic oxidation sites excluding steroid dienone is 1. The van der Waals surface area contributed by atoms with Crippen LogP contribution in [0.5, 0.6) is 0 Å². The summed E-state index contributed by atoms with van der Waals surface area (Å²) < 4.78 is 0. The molecule has 4 saturated carbocycles. The minimum atomic E-state index is -0.462. The molecule has 0 saturated heterocycles. The molecule has 0 spiro atoms. The Labute approximate surface area is 190 Å². The molecule has 31 heavy (non-hydrogen) atoms. The van der Waals surface area contributed by atoms with Gasteiger partial charge in [-0.05, 0) is 105 Å². The average Bonchev–Trinajstić information content (AvgIpc) is 3.52. The Bertz CT molecular complexity index is 750. The van der Waals surface area contributed by atoms with Gasteiger partial charge in [-0.2, -0.15) is 0 Å². The summed E-state index contributed by atoms with van der Waals surface area (Å²) in [6.07, 6.45) is 17.6. The molecule has 4 fully saturated rings. The molecule has 2 heteroatoms. The lowest BCUT2D eigenvalue weighted by molar-refractivity contribution is -0.127. The van der Waals surface area contributed by atoms with Gasteiger partial charge in [0.1, 0.15) is 5.78 Å². The molecule has 0 bridgehead atoms. The lowest BCUT2D eigenvalue weighted by Crippen LogP contribution is -2.52. The van der Waals surface area contributed by atoms with E-state index < -0.39 is 5.60 Å². The van der Waals surface area contributed by atoms with Gasteiger partial charge in [-0.15, -0.1) is 0 Å². The first-order chi connectivity index (χ1) is 14.7. The molecule has 0 aromatic rings. The zero-order valence-electron chi connectivity index (χ0n) is 20.6. The van der Waals surface area contributed by atoms with Crippen molar-refractivity contribution < 1.29 is 9.90 Å². The van der Waals surface area contributed by atoms with Gasteiger partial charge in [-0.3, -0.25) is 4.79 Å². The third-order valence-corrected chi connectivity index (χ3v) is 11.6. The third kappa shape index (κ3) is 3.58. The number of fused-ring (bicyclic) bond motifs is 5. The van der Waals surface area contributed by atoms with Gasteiger partial charge in [0.2, 0.25) is 0 Å². The number of hydrogen-bond donors (Lipinski definition) is 1. The minimum Gasteiger partial charge on any atom is -0.390 e.